The van der Waals surface area contributed by atoms with Crippen LogP contribution in [0.3, 0.4) is 0 Å². The van der Waals surface area contributed by atoms with Crippen LogP contribution in [0.4, 0.5) is 12.7 Å². The maximum atomic E-state index is 13.8. The van der Waals surface area contributed by atoms with E-state index in [1.54, 1.807) is 0 Å². The molecule has 1 aliphatic heterocycles. The number of carboxylic acid groups (broad SMARTS) is 1. The molecule has 1 aliphatic rings. The molecule has 10 heteroatoms. The molecule has 1 aromatic carbocycles. The number of halogens is 3. The topological polar surface area (TPSA) is 91.8 Å². The number of hydrogen-bond donors (Lipinski definition) is 1. The van der Waals surface area contributed by atoms with Crippen molar-refractivity contribution in [1.29, 1.82) is 0 Å². The lowest BCUT2D eigenvalue weighted by Crippen LogP contribution is -2.36. The minimum absolute atomic E-state index is 0.380. The van der Waals surface area contributed by atoms with E-state index in [9.17, 15) is 35.8 Å². The SMILES string of the molecule is O=C(O)C(c1cccc(F)c1F)N1CC(CS(=O)(=O)F)CC1=O. The average Bonchev–Trinajstić information content (AvgIpc) is 2.73. The van der Waals surface area contributed by atoms with Crippen molar-refractivity contribution in [2.45, 2.75) is 12.5 Å². The van der Waals surface area contributed by atoms with E-state index < -0.39 is 57.0 Å². The summed E-state index contributed by atoms with van der Waals surface area (Å²) >= 11 is 0. The van der Waals surface area contributed by atoms with Gasteiger partial charge in [-0.1, -0.05) is 12.1 Å². The van der Waals surface area contributed by atoms with Crippen molar-refractivity contribution in [2.75, 3.05) is 12.3 Å². The van der Waals surface area contributed by atoms with Gasteiger partial charge in [-0.05, 0) is 6.07 Å². The molecule has 1 fully saturated rings. The maximum Gasteiger partial charge on any atom is 0.331 e. The van der Waals surface area contributed by atoms with Gasteiger partial charge in [-0.2, -0.15) is 8.42 Å². The molecular formula is C13H12F3NO5S. The van der Waals surface area contributed by atoms with Crippen molar-refractivity contribution in [3.8, 4) is 0 Å². The highest BCUT2D eigenvalue weighted by Crippen LogP contribution is 2.31. The second-order valence-electron chi connectivity index (χ2n) is 5.21. The van der Waals surface area contributed by atoms with E-state index in [0.29, 0.717) is 0 Å². The van der Waals surface area contributed by atoms with E-state index in [2.05, 4.69) is 0 Å². The van der Waals surface area contributed by atoms with Gasteiger partial charge in [-0.3, -0.25) is 4.79 Å². The molecule has 1 heterocycles. The summed E-state index contributed by atoms with van der Waals surface area (Å²) in [5.41, 5.74) is -0.561. The third kappa shape index (κ3) is 3.81. The molecule has 2 rings (SSSR count). The second-order valence-corrected chi connectivity index (χ2v) is 6.62. The van der Waals surface area contributed by atoms with Crippen molar-refractivity contribution in [1.82, 2.24) is 4.90 Å². The molecule has 0 saturated carbocycles. The first kappa shape index (κ1) is 17.3. The summed E-state index contributed by atoms with van der Waals surface area (Å²) in [5, 5.41) is 9.26. The van der Waals surface area contributed by atoms with Gasteiger partial charge in [-0.25, -0.2) is 13.6 Å². The first-order valence-corrected chi connectivity index (χ1v) is 8.04. The predicted octanol–water partition coefficient (Wildman–Crippen LogP) is 1.24. The minimum Gasteiger partial charge on any atom is -0.479 e. The summed E-state index contributed by atoms with van der Waals surface area (Å²) in [6.07, 6.45) is -0.385. The summed E-state index contributed by atoms with van der Waals surface area (Å²) in [7, 11) is -4.84. The quantitative estimate of drug-likeness (QED) is 0.806. The highest BCUT2D eigenvalue weighted by molar-refractivity contribution is 7.86. The molecule has 1 amide bonds. The van der Waals surface area contributed by atoms with Gasteiger partial charge in [0, 0.05) is 24.4 Å². The standard InChI is InChI=1S/C13H12F3NO5S/c14-9-3-1-2-8(11(9)15)12(13(19)20)17-5-7(4-10(17)18)6-23(16,21)22/h1-3,7,12H,4-6H2,(H,19,20). The second kappa shape index (κ2) is 6.19. The lowest BCUT2D eigenvalue weighted by atomic mass is 10.0. The molecular weight excluding hydrogens is 339 g/mol. The molecule has 0 radical (unpaired) electrons. The van der Waals surface area contributed by atoms with Gasteiger partial charge >= 0.3 is 16.2 Å². The molecule has 1 N–H and O–H groups in total. The fourth-order valence-electron chi connectivity index (χ4n) is 2.62. The van der Waals surface area contributed by atoms with E-state index in [1.165, 1.54) is 0 Å². The lowest BCUT2D eigenvalue weighted by Gasteiger charge is -2.25. The monoisotopic (exact) mass is 351 g/mol. The van der Waals surface area contributed by atoms with Crippen LogP contribution in [0, 0.1) is 17.6 Å². The Labute approximate surface area is 129 Å². The number of likely N-dealkylation sites (tertiary alicyclic amines) is 1. The van der Waals surface area contributed by atoms with E-state index >= 15 is 0 Å². The van der Waals surface area contributed by atoms with Crippen molar-refractivity contribution < 1.29 is 35.8 Å². The van der Waals surface area contributed by atoms with Crippen molar-refractivity contribution in [3.05, 3.63) is 35.4 Å². The third-order valence-corrected chi connectivity index (χ3v) is 4.36. The summed E-state index contributed by atoms with van der Waals surface area (Å²) in [6, 6.07) is 1.09. The first-order valence-electron chi connectivity index (χ1n) is 6.48. The summed E-state index contributed by atoms with van der Waals surface area (Å²) in [4.78, 5) is 24.0. The predicted molar refractivity (Wildman–Crippen MR) is 71.4 cm³/mol. The zero-order chi connectivity index (χ0) is 17.4. The Hall–Kier alpha value is -2.10. The number of rotatable bonds is 5. The Kier molecular flexibility index (Phi) is 4.64. The Morgan fingerprint density at radius 1 is 1.39 bits per heavy atom. The van der Waals surface area contributed by atoms with Crippen LogP contribution < -0.4 is 0 Å². The third-order valence-electron chi connectivity index (χ3n) is 3.49. The molecule has 6 nitrogen and oxygen atoms in total. The Morgan fingerprint density at radius 2 is 2.04 bits per heavy atom. The average molecular weight is 351 g/mol. The van der Waals surface area contributed by atoms with E-state index in [4.69, 9.17) is 0 Å². The number of carboxylic acids is 1. The van der Waals surface area contributed by atoms with E-state index in [1.807, 2.05) is 0 Å². The number of benzene rings is 1. The summed E-state index contributed by atoms with van der Waals surface area (Å²) < 4.78 is 61.1. The molecule has 0 spiro atoms. The van der Waals surface area contributed by atoms with Gasteiger partial charge in [0.15, 0.2) is 17.7 Å². The number of amides is 1. The van der Waals surface area contributed by atoms with Crippen LogP contribution >= 0.6 is 0 Å². The van der Waals surface area contributed by atoms with Gasteiger partial charge in [0.1, 0.15) is 0 Å². The van der Waals surface area contributed by atoms with Gasteiger partial charge in [0.2, 0.25) is 5.91 Å². The summed E-state index contributed by atoms with van der Waals surface area (Å²) in [5.74, 6) is -6.94. The maximum absolute atomic E-state index is 13.8. The van der Waals surface area contributed by atoms with Gasteiger partial charge < -0.3 is 10.0 Å². The molecule has 0 aliphatic carbocycles. The van der Waals surface area contributed by atoms with Crippen LogP contribution in [0.25, 0.3) is 0 Å². The number of carbonyl (C=O) groups excluding carboxylic acids is 1. The smallest absolute Gasteiger partial charge is 0.331 e. The van der Waals surface area contributed by atoms with Crippen LogP contribution in [0.5, 0.6) is 0 Å². The molecule has 1 aromatic rings. The molecule has 0 aromatic heterocycles. The van der Waals surface area contributed by atoms with Crippen molar-refractivity contribution in [3.63, 3.8) is 0 Å². The molecule has 23 heavy (non-hydrogen) atoms. The zero-order valence-corrected chi connectivity index (χ0v) is 12.4. The minimum atomic E-state index is -4.84. The van der Waals surface area contributed by atoms with Crippen LogP contribution in [-0.4, -0.2) is 42.6 Å². The highest BCUT2D eigenvalue weighted by atomic mass is 32.3. The number of aliphatic carboxylic acids is 1. The normalized spacial score (nSPS) is 19.9. The fourth-order valence-corrected chi connectivity index (χ4v) is 3.40. The first-order chi connectivity index (χ1) is 10.6. The Balaban J connectivity index is 2.34. The Morgan fingerprint density at radius 3 is 2.61 bits per heavy atom. The molecule has 2 unspecified atom stereocenters. The largest absolute Gasteiger partial charge is 0.479 e. The van der Waals surface area contributed by atoms with Crippen LogP contribution in [0.2, 0.25) is 0 Å². The molecule has 0 bridgehead atoms. The molecule has 2 atom stereocenters. The van der Waals surface area contributed by atoms with Crippen molar-refractivity contribution >= 4 is 22.1 Å². The van der Waals surface area contributed by atoms with Gasteiger partial charge in [0.05, 0.1) is 5.75 Å². The van der Waals surface area contributed by atoms with Crippen LogP contribution in [-0.2, 0) is 19.8 Å². The number of carbonyl (C=O) groups is 2. The van der Waals surface area contributed by atoms with Gasteiger partial charge in [-0.15, -0.1) is 3.89 Å². The molecule has 126 valence electrons. The fraction of sp³-hybridized carbons (Fsp3) is 0.385. The van der Waals surface area contributed by atoms with Crippen LogP contribution in [0.15, 0.2) is 18.2 Å². The lowest BCUT2D eigenvalue weighted by molar-refractivity contribution is -0.148. The van der Waals surface area contributed by atoms with Gasteiger partial charge in [0.25, 0.3) is 0 Å². The zero-order valence-electron chi connectivity index (χ0n) is 11.6. The van der Waals surface area contributed by atoms with E-state index in [-0.39, 0.29) is 13.0 Å². The van der Waals surface area contributed by atoms with Crippen LogP contribution in [0.1, 0.15) is 18.0 Å². The van der Waals surface area contributed by atoms with Crippen molar-refractivity contribution in [2.24, 2.45) is 5.92 Å². The highest BCUT2D eigenvalue weighted by Gasteiger charge is 2.41. The Bertz CT molecular complexity index is 752. The number of hydrogen-bond acceptors (Lipinski definition) is 4. The molecule has 1 saturated heterocycles. The van der Waals surface area contributed by atoms with E-state index in [0.717, 1.165) is 23.1 Å². The summed E-state index contributed by atoms with van der Waals surface area (Å²) in [6.45, 7) is -0.380. The number of nitrogens with zero attached hydrogens (tertiary/aromatic N) is 1.